The van der Waals surface area contributed by atoms with E-state index in [-0.39, 0.29) is 5.02 Å². The summed E-state index contributed by atoms with van der Waals surface area (Å²) in [4.78, 5) is 20.9. The molecule has 1 aromatic carbocycles. The molecule has 0 fully saturated rings. The summed E-state index contributed by atoms with van der Waals surface area (Å²) in [5.74, 6) is -5.14. The van der Waals surface area contributed by atoms with Crippen molar-refractivity contribution in [3.05, 3.63) is 34.4 Å². The highest BCUT2D eigenvalue weighted by Crippen LogP contribution is 2.21. The highest BCUT2D eigenvalue weighted by Gasteiger charge is 2.19. The van der Waals surface area contributed by atoms with Crippen LogP contribution in [-0.2, 0) is 16.0 Å². The lowest BCUT2D eigenvalue weighted by Crippen LogP contribution is -2.16. The van der Waals surface area contributed by atoms with Crippen molar-refractivity contribution in [1.82, 2.24) is 0 Å². The van der Waals surface area contributed by atoms with E-state index in [9.17, 15) is 18.4 Å². The van der Waals surface area contributed by atoms with Crippen LogP contribution >= 0.6 is 11.6 Å². The van der Waals surface area contributed by atoms with Gasteiger partial charge in [0.1, 0.15) is 11.6 Å². The molecule has 0 aliphatic rings. The van der Waals surface area contributed by atoms with Gasteiger partial charge in [-0.15, -0.1) is 0 Å². The summed E-state index contributed by atoms with van der Waals surface area (Å²) in [5, 5.41) is 7.91. The van der Waals surface area contributed by atoms with Crippen LogP contribution in [0, 0.1) is 11.6 Å². The van der Waals surface area contributed by atoms with Crippen molar-refractivity contribution in [1.29, 1.82) is 0 Å². The molecule has 6 heteroatoms. The molecule has 0 bridgehead atoms. The number of carboxylic acid groups (broad SMARTS) is 1. The average Bonchev–Trinajstić information content (AvgIpc) is 2.18. The molecule has 1 aromatic rings. The van der Waals surface area contributed by atoms with Gasteiger partial charge >= 0.3 is 5.97 Å². The summed E-state index contributed by atoms with van der Waals surface area (Å²) in [6, 6.07) is 1.86. The maximum absolute atomic E-state index is 13.2. The van der Waals surface area contributed by atoms with Gasteiger partial charge in [-0.25, -0.2) is 13.6 Å². The molecule has 0 atom stereocenters. The van der Waals surface area contributed by atoms with Crippen LogP contribution in [0.2, 0.25) is 5.02 Å². The van der Waals surface area contributed by atoms with E-state index in [1.165, 1.54) is 0 Å². The van der Waals surface area contributed by atoms with Crippen molar-refractivity contribution in [2.45, 2.75) is 6.42 Å². The minimum Gasteiger partial charge on any atom is -0.475 e. The first-order chi connectivity index (χ1) is 6.93. The first-order valence-electron chi connectivity index (χ1n) is 3.82. The quantitative estimate of drug-likeness (QED) is 0.641. The van der Waals surface area contributed by atoms with Crippen LogP contribution in [0.3, 0.4) is 0 Å². The fourth-order valence-corrected chi connectivity index (χ4v) is 1.14. The fourth-order valence-electron chi connectivity index (χ4n) is 0.967. The van der Waals surface area contributed by atoms with Gasteiger partial charge in [0.05, 0.1) is 5.02 Å². The molecule has 0 radical (unpaired) electrons. The third-order valence-electron chi connectivity index (χ3n) is 1.71. The summed E-state index contributed by atoms with van der Waals surface area (Å²) in [7, 11) is 0. The molecule has 0 heterocycles. The first-order valence-corrected chi connectivity index (χ1v) is 4.19. The van der Waals surface area contributed by atoms with Gasteiger partial charge in [-0.1, -0.05) is 11.6 Å². The first kappa shape index (κ1) is 11.6. The van der Waals surface area contributed by atoms with Crippen LogP contribution in [0.5, 0.6) is 0 Å². The number of carbonyl (C=O) groups is 2. The highest BCUT2D eigenvalue weighted by atomic mass is 35.5. The number of Topliss-reactive ketones (excluding diaryl/α,β-unsaturated/α-hetero) is 1. The van der Waals surface area contributed by atoms with Crippen molar-refractivity contribution in [3.63, 3.8) is 0 Å². The predicted molar refractivity (Wildman–Crippen MR) is 47.7 cm³/mol. The molecule has 0 aromatic heterocycles. The summed E-state index contributed by atoms with van der Waals surface area (Å²) in [6.07, 6.45) is -0.854. The fraction of sp³-hybridized carbons (Fsp3) is 0.111. The molecule has 0 saturated heterocycles. The zero-order valence-electron chi connectivity index (χ0n) is 7.26. The molecular weight excluding hydrogens is 230 g/mol. The van der Waals surface area contributed by atoms with E-state index in [4.69, 9.17) is 16.7 Å². The van der Waals surface area contributed by atoms with Crippen LogP contribution in [0.15, 0.2) is 12.1 Å². The van der Waals surface area contributed by atoms with Crippen molar-refractivity contribution in [3.8, 4) is 0 Å². The van der Waals surface area contributed by atoms with E-state index in [0.717, 1.165) is 12.1 Å². The number of carboxylic acids is 1. The minimum atomic E-state index is -1.74. The van der Waals surface area contributed by atoms with Gasteiger partial charge in [0, 0.05) is 12.0 Å². The summed E-state index contributed by atoms with van der Waals surface area (Å²) < 4.78 is 26.2. The van der Waals surface area contributed by atoms with E-state index >= 15 is 0 Å². The molecule has 80 valence electrons. The summed E-state index contributed by atoms with van der Waals surface area (Å²) >= 11 is 5.35. The molecule has 15 heavy (non-hydrogen) atoms. The van der Waals surface area contributed by atoms with Crippen LogP contribution in [0.1, 0.15) is 5.56 Å². The minimum absolute atomic E-state index is 0.357. The van der Waals surface area contributed by atoms with Gasteiger partial charge in [-0.3, -0.25) is 4.79 Å². The van der Waals surface area contributed by atoms with Crippen molar-refractivity contribution >= 4 is 23.4 Å². The lowest BCUT2D eigenvalue weighted by Gasteiger charge is -2.03. The molecule has 0 amide bonds. The molecule has 0 saturated carbocycles. The van der Waals surface area contributed by atoms with Gasteiger partial charge in [0.2, 0.25) is 5.78 Å². The molecule has 0 aliphatic heterocycles. The predicted octanol–water partition coefficient (Wildman–Crippen LogP) is 1.81. The number of hydrogen-bond donors (Lipinski definition) is 1. The molecule has 0 unspecified atom stereocenters. The Kier molecular flexibility index (Phi) is 3.36. The maximum Gasteiger partial charge on any atom is 0.372 e. The lowest BCUT2D eigenvalue weighted by atomic mass is 10.1. The topological polar surface area (TPSA) is 54.4 Å². The van der Waals surface area contributed by atoms with Crippen LogP contribution in [-0.4, -0.2) is 16.9 Å². The number of aliphatic carboxylic acids is 1. The Bertz CT molecular complexity index is 432. The molecule has 3 nitrogen and oxygen atoms in total. The van der Waals surface area contributed by atoms with Crippen LogP contribution < -0.4 is 0 Å². The van der Waals surface area contributed by atoms with Gasteiger partial charge in [-0.2, -0.15) is 0 Å². The Balaban J connectivity index is 3.09. The van der Waals surface area contributed by atoms with Crippen molar-refractivity contribution < 1.29 is 23.5 Å². The Morgan fingerprint density at radius 2 is 1.93 bits per heavy atom. The maximum atomic E-state index is 13.2. The lowest BCUT2D eigenvalue weighted by molar-refractivity contribution is -0.148. The van der Waals surface area contributed by atoms with E-state index in [1.807, 2.05) is 0 Å². The number of halogens is 3. The van der Waals surface area contributed by atoms with Gasteiger partial charge in [0.25, 0.3) is 0 Å². The van der Waals surface area contributed by atoms with Crippen LogP contribution in [0.4, 0.5) is 8.78 Å². The van der Waals surface area contributed by atoms with E-state index in [2.05, 4.69) is 0 Å². The number of hydrogen-bond acceptors (Lipinski definition) is 2. The molecular formula is C9H5ClF2O3. The standard InChI is InChI=1S/C9H5ClF2O3/c10-5-1-2-6(11)4(8(5)12)3-7(13)9(14)15/h1-2H,3H2,(H,14,15). The van der Waals surface area contributed by atoms with Crippen molar-refractivity contribution in [2.24, 2.45) is 0 Å². The highest BCUT2D eigenvalue weighted by molar-refractivity contribution is 6.33. The smallest absolute Gasteiger partial charge is 0.372 e. The second-order valence-electron chi connectivity index (χ2n) is 2.73. The monoisotopic (exact) mass is 234 g/mol. The normalized spacial score (nSPS) is 10.1. The molecule has 1 N–H and O–H groups in total. The zero-order chi connectivity index (χ0) is 11.6. The number of ketones is 1. The number of carbonyl (C=O) groups excluding carboxylic acids is 1. The Morgan fingerprint density at radius 1 is 1.33 bits per heavy atom. The number of benzene rings is 1. The van der Waals surface area contributed by atoms with E-state index < -0.39 is 35.4 Å². The third-order valence-corrected chi connectivity index (χ3v) is 2.01. The van der Waals surface area contributed by atoms with E-state index in [1.54, 1.807) is 0 Å². The second-order valence-corrected chi connectivity index (χ2v) is 3.13. The third kappa shape index (κ3) is 2.50. The summed E-state index contributed by atoms with van der Waals surface area (Å²) in [6.45, 7) is 0. The Labute approximate surface area is 88.3 Å². The van der Waals surface area contributed by atoms with Gasteiger partial charge in [0.15, 0.2) is 0 Å². The van der Waals surface area contributed by atoms with E-state index in [0.29, 0.717) is 0 Å². The second kappa shape index (κ2) is 4.35. The zero-order valence-corrected chi connectivity index (χ0v) is 8.02. The number of rotatable bonds is 3. The van der Waals surface area contributed by atoms with Crippen molar-refractivity contribution in [2.75, 3.05) is 0 Å². The Hall–Kier alpha value is -1.49. The van der Waals surface area contributed by atoms with Gasteiger partial charge < -0.3 is 5.11 Å². The average molecular weight is 235 g/mol. The molecule has 0 spiro atoms. The largest absolute Gasteiger partial charge is 0.475 e. The summed E-state index contributed by atoms with van der Waals surface area (Å²) in [5.41, 5.74) is -0.630. The van der Waals surface area contributed by atoms with Gasteiger partial charge in [-0.05, 0) is 12.1 Å². The molecule has 0 aliphatic carbocycles. The van der Waals surface area contributed by atoms with Crippen LogP contribution in [0.25, 0.3) is 0 Å². The SMILES string of the molecule is O=C(O)C(=O)Cc1c(F)ccc(Cl)c1F. The Morgan fingerprint density at radius 3 is 2.47 bits per heavy atom. The molecule has 1 rings (SSSR count).